The molecule has 0 spiro atoms. The van der Waals surface area contributed by atoms with Gasteiger partial charge in [-0.1, -0.05) is 17.3 Å². The smallest absolute Gasteiger partial charge is 0.230 e. The van der Waals surface area contributed by atoms with E-state index in [1.54, 1.807) is 12.4 Å². The molecule has 1 amide bonds. The van der Waals surface area contributed by atoms with Gasteiger partial charge < -0.3 is 14.7 Å². The van der Waals surface area contributed by atoms with Crippen LogP contribution in [0.15, 0.2) is 41.2 Å². The summed E-state index contributed by atoms with van der Waals surface area (Å²) in [4.78, 5) is 23.0. The third kappa shape index (κ3) is 2.92. The molecule has 2 aromatic heterocycles. The minimum atomic E-state index is -0.174. The highest BCUT2D eigenvalue weighted by Gasteiger charge is 2.15. The van der Waals surface area contributed by atoms with E-state index in [2.05, 4.69) is 25.3 Å². The Labute approximate surface area is 138 Å². The average molecular weight is 323 g/mol. The number of carbonyl (C=O) groups is 1. The second kappa shape index (κ2) is 6.27. The van der Waals surface area contributed by atoms with E-state index >= 15 is 0 Å². The van der Waals surface area contributed by atoms with Crippen molar-refractivity contribution in [2.45, 2.75) is 19.3 Å². The van der Waals surface area contributed by atoms with Gasteiger partial charge in [0.05, 0.1) is 24.5 Å². The van der Waals surface area contributed by atoms with Crippen molar-refractivity contribution >= 4 is 28.5 Å². The Bertz CT molecular complexity index is 853. The molecule has 0 bridgehead atoms. The summed E-state index contributed by atoms with van der Waals surface area (Å²) in [6, 6.07) is 7.49. The van der Waals surface area contributed by atoms with Crippen molar-refractivity contribution in [3.8, 4) is 0 Å². The number of amides is 1. The molecular formula is C17H17N5O2. The number of hydrogen-bond donors (Lipinski definition) is 1. The van der Waals surface area contributed by atoms with E-state index in [-0.39, 0.29) is 12.3 Å². The Balaban J connectivity index is 1.42. The first-order valence-electron chi connectivity index (χ1n) is 8.00. The zero-order chi connectivity index (χ0) is 16.4. The lowest BCUT2D eigenvalue weighted by Gasteiger charge is -2.14. The fraction of sp³-hybridized carbons (Fsp3) is 0.294. The van der Waals surface area contributed by atoms with Gasteiger partial charge in [-0.15, -0.1) is 0 Å². The van der Waals surface area contributed by atoms with Crippen LogP contribution in [0.5, 0.6) is 0 Å². The first-order chi connectivity index (χ1) is 11.8. The van der Waals surface area contributed by atoms with Crippen LogP contribution in [-0.2, 0) is 11.2 Å². The zero-order valence-electron chi connectivity index (χ0n) is 13.1. The van der Waals surface area contributed by atoms with Gasteiger partial charge in [0.1, 0.15) is 5.69 Å². The molecule has 1 saturated heterocycles. The number of rotatable bonds is 4. The van der Waals surface area contributed by atoms with E-state index in [0.29, 0.717) is 22.9 Å². The van der Waals surface area contributed by atoms with Crippen molar-refractivity contribution < 1.29 is 9.32 Å². The molecule has 0 radical (unpaired) electrons. The number of para-hydroxylation sites is 1. The predicted molar refractivity (Wildman–Crippen MR) is 89.8 cm³/mol. The van der Waals surface area contributed by atoms with Crippen LogP contribution in [0.2, 0.25) is 0 Å². The summed E-state index contributed by atoms with van der Waals surface area (Å²) in [6.07, 6.45) is 5.77. The van der Waals surface area contributed by atoms with Crippen LogP contribution >= 0.6 is 0 Å². The molecule has 4 rings (SSSR count). The molecule has 1 fully saturated rings. The number of aromatic nitrogens is 3. The Morgan fingerprint density at radius 2 is 1.92 bits per heavy atom. The van der Waals surface area contributed by atoms with Crippen LogP contribution in [0.4, 0.5) is 11.6 Å². The SMILES string of the molecule is O=C(Cc1noc2ccccc12)Nc1cnc(N2CCCC2)nc1. The molecule has 7 heteroatoms. The number of benzene rings is 1. The van der Waals surface area contributed by atoms with E-state index < -0.39 is 0 Å². The molecule has 0 saturated carbocycles. The van der Waals surface area contributed by atoms with Crippen LogP contribution in [0.1, 0.15) is 18.5 Å². The number of carbonyl (C=O) groups excluding carboxylic acids is 1. The second-order valence-corrected chi connectivity index (χ2v) is 5.82. The molecule has 3 aromatic rings. The van der Waals surface area contributed by atoms with Crippen molar-refractivity contribution in [3.63, 3.8) is 0 Å². The van der Waals surface area contributed by atoms with Gasteiger partial charge >= 0.3 is 0 Å². The molecule has 7 nitrogen and oxygen atoms in total. The zero-order valence-corrected chi connectivity index (χ0v) is 13.1. The van der Waals surface area contributed by atoms with Crippen LogP contribution in [0, 0.1) is 0 Å². The summed E-state index contributed by atoms with van der Waals surface area (Å²) >= 11 is 0. The molecule has 0 atom stereocenters. The quantitative estimate of drug-likeness (QED) is 0.793. The third-order valence-electron chi connectivity index (χ3n) is 4.09. The molecule has 1 aliphatic heterocycles. The van der Waals surface area contributed by atoms with E-state index in [1.807, 2.05) is 24.3 Å². The Hall–Kier alpha value is -2.96. The van der Waals surface area contributed by atoms with Gasteiger partial charge in [0.25, 0.3) is 0 Å². The van der Waals surface area contributed by atoms with E-state index in [1.165, 1.54) is 12.8 Å². The third-order valence-corrected chi connectivity index (χ3v) is 4.09. The first-order valence-corrected chi connectivity index (χ1v) is 8.00. The van der Waals surface area contributed by atoms with Crippen LogP contribution in [-0.4, -0.2) is 34.1 Å². The monoisotopic (exact) mass is 323 g/mol. The number of fused-ring (bicyclic) bond motifs is 1. The lowest BCUT2D eigenvalue weighted by atomic mass is 10.1. The number of nitrogens with zero attached hydrogens (tertiary/aromatic N) is 4. The molecule has 0 unspecified atom stereocenters. The maximum absolute atomic E-state index is 12.2. The van der Waals surface area contributed by atoms with Gasteiger partial charge in [-0.25, -0.2) is 9.97 Å². The molecular weight excluding hydrogens is 306 g/mol. The standard InChI is InChI=1S/C17H17N5O2/c23-16(9-14-13-5-1-2-6-15(13)24-21-14)20-12-10-18-17(19-11-12)22-7-3-4-8-22/h1-2,5-6,10-11H,3-4,7-9H2,(H,20,23). The van der Waals surface area contributed by atoms with Crippen LogP contribution in [0.25, 0.3) is 11.0 Å². The molecule has 24 heavy (non-hydrogen) atoms. The second-order valence-electron chi connectivity index (χ2n) is 5.82. The van der Waals surface area contributed by atoms with Gasteiger partial charge in [-0.2, -0.15) is 0 Å². The van der Waals surface area contributed by atoms with Crippen molar-refractivity contribution in [1.29, 1.82) is 0 Å². The highest BCUT2D eigenvalue weighted by molar-refractivity contribution is 5.94. The summed E-state index contributed by atoms with van der Waals surface area (Å²) in [5.74, 6) is 0.541. The molecule has 3 heterocycles. The fourth-order valence-corrected chi connectivity index (χ4v) is 2.89. The lowest BCUT2D eigenvalue weighted by molar-refractivity contribution is -0.115. The summed E-state index contributed by atoms with van der Waals surface area (Å²) in [5.41, 5.74) is 1.88. The highest BCUT2D eigenvalue weighted by atomic mass is 16.5. The van der Waals surface area contributed by atoms with E-state index in [0.717, 1.165) is 18.5 Å². The Morgan fingerprint density at radius 1 is 1.17 bits per heavy atom. The highest BCUT2D eigenvalue weighted by Crippen LogP contribution is 2.19. The topological polar surface area (TPSA) is 84.2 Å². The molecule has 1 N–H and O–H groups in total. The number of hydrogen-bond acceptors (Lipinski definition) is 6. The summed E-state index contributed by atoms with van der Waals surface area (Å²) in [5, 5.41) is 7.62. The minimum Gasteiger partial charge on any atom is -0.356 e. The normalized spacial score (nSPS) is 14.2. The Kier molecular flexibility index (Phi) is 3.82. The molecule has 1 aliphatic rings. The minimum absolute atomic E-state index is 0.144. The first kappa shape index (κ1) is 14.6. The van der Waals surface area contributed by atoms with Gasteiger partial charge in [-0.05, 0) is 25.0 Å². The summed E-state index contributed by atoms with van der Waals surface area (Å²) < 4.78 is 5.21. The lowest BCUT2D eigenvalue weighted by Crippen LogP contribution is -2.21. The largest absolute Gasteiger partial charge is 0.356 e. The van der Waals surface area contributed by atoms with Gasteiger partial charge in [0.2, 0.25) is 11.9 Å². The van der Waals surface area contributed by atoms with Crippen LogP contribution in [0.3, 0.4) is 0 Å². The van der Waals surface area contributed by atoms with E-state index in [4.69, 9.17) is 4.52 Å². The summed E-state index contributed by atoms with van der Waals surface area (Å²) in [7, 11) is 0. The van der Waals surface area contributed by atoms with Gasteiger partial charge in [0, 0.05) is 18.5 Å². The predicted octanol–water partition coefficient (Wildman–Crippen LogP) is 2.40. The average Bonchev–Trinajstić information content (AvgIpc) is 3.26. The van der Waals surface area contributed by atoms with Gasteiger partial charge in [-0.3, -0.25) is 4.79 Å². The number of nitrogens with one attached hydrogen (secondary N) is 1. The summed E-state index contributed by atoms with van der Waals surface area (Å²) in [6.45, 7) is 1.98. The fourth-order valence-electron chi connectivity index (χ4n) is 2.89. The molecule has 0 aliphatic carbocycles. The van der Waals surface area contributed by atoms with Gasteiger partial charge in [0.15, 0.2) is 5.58 Å². The van der Waals surface area contributed by atoms with Crippen molar-refractivity contribution in [2.75, 3.05) is 23.3 Å². The molecule has 1 aromatic carbocycles. The Morgan fingerprint density at radius 3 is 2.71 bits per heavy atom. The molecule has 122 valence electrons. The van der Waals surface area contributed by atoms with E-state index in [9.17, 15) is 4.79 Å². The number of anilines is 2. The van der Waals surface area contributed by atoms with Crippen LogP contribution < -0.4 is 10.2 Å². The maximum Gasteiger partial charge on any atom is 0.230 e. The maximum atomic E-state index is 12.2. The van der Waals surface area contributed by atoms with Crippen molar-refractivity contribution in [2.24, 2.45) is 0 Å². The van der Waals surface area contributed by atoms with Crippen molar-refractivity contribution in [1.82, 2.24) is 15.1 Å². The van der Waals surface area contributed by atoms with Crippen molar-refractivity contribution in [3.05, 3.63) is 42.4 Å².